The number of rotatable bonds is 7. The molecular formula is C13H20N2O2. The van der Waals surface area contributed by atoms with Crippen LogP contribution in [0.1, 0.15) is 13.3 Å². The molecule has 0 unspecified atom stereocenters. The lowest BCUT2D eigenvalue weighted by Gasteiger charge is -2.22. The van der Waals surface area contributed by atoms with Crippen LogP contribution >= 0.6 is 0 Å². The van der Waals surface area contributed by atoms with Crippen LogP contribution in [-0.2, 0) is 4.79 Å². The maximum absolute atomic E-state index is 11.6. The van der Waals surface area contributed by atoms with Crippen LogP contribution in [0.5, 0.6) is 0 Å². The Labute approximate surface area is 102 Å². The number of hydrogen-bond donors (Lipinski definition) is 2. The SMILES string of the molecule is CCN(CC(=O)NCCCO)c1ccccc1. The van der Waals surface area contributed by atoms with Gasteiger partial charge >= 0.3 is 0 Å². The number of benzene rings is 1. The fourth-order valence-corrected chi connectivity index (χ4v) is 1.56. The summed E-state index contributed by atoms with van der Waals surface area (Å²) in [5.74, 6) is -0.0100. The number of hydrogen-bond acceptors (Lipinski definition) is 3. The molecule has 0 aliphatic heterocycles. The zero-order chi connectivity index (χ0) is 12.5. The third-order valence-electron chi connectivity index (χ3n) is 2.49. The van der Waals surface area contributed by atoms with Gasteiger partial charge in [-0.3, -0.25) is 4.79 Å². The molecule has 94 valence electrons. The number of carbonyl (C=O) groups excluding carboxylic acids is 1. The quantitative estimate of drug-likeness (QED) is 0.695. The Morgan fingerprint density at radius 3 is 2.65 bits per heavy atom. The average molecular weight is 236 g/mol. The van der Waals surface area contributed by atoms with Crippen molar-refractivity contribution >= 4 is 11.6 Å². The van der Waals surface area contributed by atoms with Gasteiger partial charge in [0.05, 0.1) is 6.54 Å². The molecular weight excluding hydrogens is 216 g/mol. The van der Waals surface area contributed by atoms with Gasteiger partial charge in [0.15, 0.2) is 0 Å². The van der Waals surface area contributed by atoms with Crippen molar-refractivity contribution in [2.75, 3.05) is 31.1 Å². The molecule has 2 N–H and O–H groups in total. The molecule has 0 saturated carbocycles. The Morgan fingerprint density at radius 2 is 2.06 bits per heavy atom. The summed E-state index contributed by atoms with van der Waals surface area (Å²) in [6, 6.07) is 9.86. The van der Waals surface area contributed by atoms with Crippen LogP contribution in [0, 0.1) is 0 Å². The third-order valence-corrected chi connectivity index (χ3v) is 2.49. The largest absolute Gasteiger partial charge is 0.396 e. The van der Waals surface area contributed by atoms with E-state index in [0.29, 0.717) is 19.5 Å². The van der Waals surface area contributed by atoms with Crippen LogP contribution in [0.15, 0.2) is 30.3 Å². The van der Waals surface area contributed by atoms with Gasteiger partial charge in [0.1, 0.15) is 0 Å². The summed E-state index contributed by atoms with van der Waals surface area (Å²) < 4.78 is 0. The van der Waals surface area contributed by atoms with E-state index >= 15 is 0 Å². The van der Waals surface area contributed by atoms with E-state index in [4.69, 9.17) is 5.11 Å². The topological polar surface area (TPSA) is 52.6 Å². The third kappa shape index (κ3) is 4.87. The summed E-state index contributed by atoms with van der Waals surface area (Å²) in [7, 11) is 0. The normalized spacial score (nSPS) is 10.0. The van der Waals surface area contributed by atoms with Crippen molar-refractivity contribution in [3.63, 3.8) is 0 Å². The zero-order valence-corrected chi connectivity index (χ0v) is 10.2. The molecule has 0 heterocycles. The number of carbonyl (C=O) groups is 1. The number of anilines is 1. The molecule has 0 aromatic heterocycles. The van der Waals surface area contributed by atoms with E-state index in [-0.39, 0.29) is 12.5 Å². The molecule has 4 nitrogen and oxygen atoms in total. The molecule has 0 fully saturated rings. The second-order valence-electron chi connectivity index (χ2n) is 3.78. The zero-order valence-electron chi connectivity index (χ0n) is 10.2. The maximum Gasteiger partial charge on any atom is 0.239 e. The van der Waals surface area contributed by atoms with Crippen LogP contribution in [0.25, 0.3) is 0 Å². The Bertz CT molecular complexity index is 327. The molecule has 1 rings (SSSR count). The molecule has 0 saturated heterocycles. The minimum atomic E-state index is -0.0100. The van der Waals surface area contributed by atoms with E-state index in [9.17, 15) is 4.79 Å². The standard InChI is InChI=1S/C13H20N2O2/c1-2-15(12-7-4-3-5-8-12)11-13(17)14-9-6-10-16/h3-5,7-8,16H,2,6,9-11H2,1H3,(H,14,17). The van der Waals surface area contributed by atoms with Crippen LogP contribution in [0.2, 0.25) is 0 Å². The molecule has 1 aromatic rings. The number of nitrogens with zero attached hydrogens (tertiary/aromatic N) is 1. The smallest absolute Gasteiger partial charge is 0.239 e. The number of para-hydroxylation sites is 1. The van der Waals surface area contributed by atoms with E-state index < -0.39 is 0 Å². The van der Waals surface area contributed by atoms with Gasteiger partial charge in [-0.1, -0.05) is 18.2 Å². The first-order chi connectivity index (χ1) is 8.27. The Morgan fingerprint density at radius 1 is 1.35 bits per heavy atom. The lowest BCUT2D eigenvalue weighted by atomic mass is 10.3. The monoisotopic (exact) mass is 236 g/mol. The molecule has 0 aliphatic carbocycles. The van der Waals surface area contributed by atoms with Crippen LogP contribution < -0.4 is 10.2 Å². The predicted octanol–water partition coefficient (Wildman–Crippen LogP) is 1.01. The van der Waals surface area contributed by atoms with Crippen LogP contribution in [0.3, 0.4) is 0 Å². The summed E-state index contributed by atoms with van der Waals surface area (Å²) in [4.78, 5) is 13.6. The Kier molecular flexibility index (Phi) is 6.10. The highest BCUT2D eigenvalue weighted by molar-refractivity contribution is 5.81. The Balaban J connectivity index is 2.44. The molecule has 0 radical (unpaired) electrons. The first kappa shape index (κ1) is 13.5. The van der Waals surface area contributed by atoms with E-state index in [1.807, 2.05) is 42.2 Å². The van der Waals surface area contributed by atoms with Crippen molar-refractivity contribution in [3.05, 3.63) is 30.3 Å². The van der Waals surface area contributed by atoms with Gasteiger partial charge in [-0.05, 0) is 25.5 Å². The molecule has 0 atom stereocenters. The van der Waals surface area contributed by atoms with Gasteiger partial charge in [-0.25, -0.2) is 0 Å². The first-order valence-electron chi connectivity index (χ1n) is 5.95. The van der Waals surface area contributed by atoms with E-state index in [2.05, 4.69) is 5.32 Å². The van der Waals surface area contributed by atoms with E-state index in [1.54, 1.807) is 0 Å². The van der Waals surface area contributed by atoms with Crippen LogP contribution in [-0.4, -0.2) is 37.3 Å². The number of aliphatic hydroxyl groups excluding tert-OH is 1. The average Bonchev–Trinajstić information content (AvgIpc) is 2.37. The van der Waals surface area contributed by atoms with Crippen molar-refractivity contribution in [2.24, 2.45) is 0 Å². The highest BCUT2D eigenvalue weighted by atomic mass is 16.3. The lowest BCUT2D eigenvalue weighted by molar-refractivity contribution is -0.119. The fourth-order valence-electron chi connectivity index (χ4n) is 1.56. The second kappa shape index (κ2) is 7.68. The van der Waals surface area contributed by atoms with E-state index in [0.717, 1.165) is 12.2 Å². The molecule has 1 amide bonds. The summed E-state index contributed by atoms with van der Waals surface area (Å²) in [6.45, 7) is 3.80. The summed E-state index contributed by atoms with van der Waals surface area (Å²) in [5, 5.41) is 11.4. The van der Waals surface area contributed by atoms with Gasteiger partial charge in [-0.15, -0.1) is 0 Å². The van der Waals surface area contributed by atoms with E-state index in [1.165, 1.54) is 0 Å². The number of amides is 1. The summed E-state index contributed by atoms with van der Waals surface area (Å²) in [6.07, 6.45) is 0.600. The van der Waals surface area contributed by atoms with Gasteiger partial charge in [0, 0.05) is 25.4 Å². The minimum absolute atomic E-state index is 0.0100. The van der Waals surface area contributed by atoms with Gasteiger partial charge in [0.25, 0.3) is 0 Å². The Hall–Kier alpha value is -1.55. The van der Waals surface area contributed by atoms with Crippen molar-refractivity contribution < 1.29 is 9.90 Å². The molecule has 0 bridgehead atoms. The first-order valence-corrected chi connectivity index (χ1v) is 5.95. The van der Waals surface area contributed by atoms with Crippen molar-refractivity contribution in [2.45, 2.75) is 13.3 Å². The number of likely N-dealkylation sites (N-methyl/N-ethyl adjacent to an activating group) is 1. The molecule has 1 aromatic carbocycles. The lowest BCUT2D eigenvalue weighted by Crippen LogP contribution is -2.37. The minimum Gasteiger partial charge on any atom is -0.396 e. The molecule has 0 aliphatic rings. The van der Waals surface area contributed by atoms with Crippen molar-refractivity contribution in [3.8, 4) is 0 Å². The predicted molar refractivity (Wildman–Crippen MR) is 69.0 cm³/mol. The highest BCUT2D eigenvalue weighted by Gasteiger charge is 2.08. The fraction of sp³-hybridized carbons (Fsp3) is 0.462. The van der Waals surface area contributed by atoms with Crippen molar-refractivity contribution in [1.29, 1.82) is 0 Å². The maximum atomic E-state index is 11.6. The number of nitrogens with one attached hydrogen (secondary N) is 1. The second-order valence-corrected chi connectivity index (χ2v) is 3.78. The van der Waals surface area contributed by atoms with Crippen LogP contribution in [0.4, 0.5) is 5.69 Å². The van der Waals surface area contributed by atoms with Gasteiger partial charge in [-0.2, -0.15) is 0 Å². The summed E-state index contributed by atoms with van der Waals surface area (Å²) >= 11 is 0. The van der Waals surface area contributed by atoms with Gasteiger partial charge in [0.2, 0.25) is 5.91 Å². The van der Waals surface area contributed by atoms with Crippen molar-refractivity contribution in [1.82, 2.24) is 5.32 Å². The molecule has 17 heavy (non-hydrogen) atoms. The molecule has 4 heteroatoms. The number of aliphatic hydroxyl groups is 1. The molecule has 0 spiro atoms. The summed E-state index contributed by atoms with van der Waals surface area (Å²) in [5.41, 5.74) is 1.05. The van der Waals surface area contributed by atoms with Gasteiger partial charge < -0.3 is 15.3 Å². The highest BCUT2D eigenvalue weighted by Crippen LogP contribution is 2.11.